The number of nitrogens with zero attached hydrogens (tertiary/aromatic N) is 4. The van der Waals surface area contributed by atoms with Gasteiger partial charge in [-0.2, -0.15) is 0 Å². The van der Waals surface area contributed by atoms with Gasteiger partial charge >= 0.3 is 6.03 Å². The SMILES string of the molecule is O=C1[C@@H]2C[C@@H]3CCCC[C@H]3N2C(=O)N1CCc1cn2ccccc2n1. The highest BCUT2D eigenvalue weighted by atomic mass is 16.2. The van der Waals surface area contributed by atoms with Crippen molar-refractivity contribution in [3.8, 4) is 0 Å². The van der Waals surface area contributed by atoms with Crippen molar-refractivity contribution in [2.24, 2.45) is 5.92 Å². The average molecular weight is 338 g/mol. The molecule has 3 aliphatic rings. The zero-order valence-electron chi connectivity index (χ0n) is 14.2. The minimum atomic E-state index is -0.207. The molecule has 1 saturated carbocycles. The number of imidazole rings is 1. The number of carbonyl (C=O) groups is 2. The molecule has 0 radical (unpaired) electrons. The van der Waals surface area contributed by atoms with E-state index in [1.165, 1.54) is 24.2 Å². The van der Waals surface area contributed by atoms with Crippen LogP contribution in [0, 0.1) is 5.92 Å². The smallest absolute Gasteiger partial charge is 0.309 e. The highest BCUT2D eigenvalue weighted by Crippen LogP contribution is 2.43. The minimum Gasteiger partial charge on any atom is -0.309 e. The lowest BCUT2D eigenvalue weighted by molar-refractivity contribution is -0.128. The Morgan fingerprint density at radius 1 is 1.16 bits per heavy atom. The molecule has 0 aromatic carbocycles. The van der Waals surface area contributed by atoms with Crippen LogP contribution in [0.15, 0.2) is 30.6 Å². The van der Waals surface area contributed by atoms with Gasteiger partial charge in [-0.3, -0.25) is 9.69 Å². The Hall–Kier alpha value is -2.37. The van der Waals surface area contributed by atoms with E-state index in [1.807, 2.05) is 39.9 Å². The summed E-state index contributed by atoms with van der Waals surface area (Å²) in [7, 11) is 0. The van der Waals surface area contributed by atoms with Gasteiger partial charge in [0.05, 0.1) is 5.69 Å². The first-order valence-corrected chi connectivity index (χ1v) is 9.28. The van der Waals surface area contributed by atoms with E-state index >= 15 is 0 Å². The van der Waals surface area contributed by atoms with E-state index in [1.54, 1.807) is 0 Å². The lowest BCUT2D eigenvalue weighted by Crippen LogP contribution is -2.41. The Balaban J connectivity index is 1.32. The molecule has 4 heterocycles. The fourth-order valence-corrected chi connectivity index (χ4v) is 4.91. The molecule has 0 N–H and O–H groups in total. The van der Waals surface area contributed by atoms with E-state index in [4.69, 9.17) is 0 Å². The van der Waals surface area contributed by atoms with Gasteiger partial charge in [-0.1, -0.05) is 18.9 Å². The number of rotatable bonds is 3. The van der Waals surface area contributed by atoms with Gasteiger partial charge in [0.1, 0.15) is 11.7 Å². The molecule has 2 aromatic rings. The van der Waals surface area contributed by atoms with Gasteiger partial charge in [-0.05, 0) is 37.3 Å². The molecule has 3 atom stereocenters. The first-order chi connectivity index (χ1) is 12.2. The van der Waals surface area contributed by atoms with Gasteiger partial charge in [0.2, 0.25) is 0 Å². The first-order valence-electron chi connectivity index (χ1n) is 9.28. The van der Waals surface area contributed by atoms with Crippen LogP contribution < -0.4 is 0 Å². The van der Waals surface area contributed by atoms with Crippen LogP contribution in [0.3, 0.4) is 0 Å². The van der Waals surface area contributed by atoms with Crippen LogP contribution in [0.4, 0.5) is 4.79 Å². The highest BCUT2D eigenvalue weighted by Gasteiger charge is 2.55. The van der Waals surface area contributed by atoms with Crippen LogP contribution in [0.25, 0.3) is 5.65 Å². The lowest BCUT2D eigenvalue weighted by Gasteiger charge is -2.30. The number of imide groups is 1. The van der Waals surface area contributed by atoms with E-state index in [0.717, 1.165) is 24.2 Å². The quantitative estimate of drug-likeness (QED) is 0.808. The second kappa shape index (κ2) is 5.58. The van der Waals surface area contributed by atoms with Crippen LogP contribution in [0.5, 0.6) is 0 Å². The van der Waals surface area contributed by atoms with Crippen LogP contribution in [0.2, 0.25) is 0 Å². The highest BCUT2D eigenvalue weighted by molar-refractivity contribution is 6.04. The number of fused-ring (bicyclic) bond motifs is 4. The molecule has 6 nitrogen and oxygen atoms in total. The zero-order valence-corrected chi connectivity index (χ0v) is 14.2. The Labute approximate surface area is 146 Å². The van der Waals surface area contributed by atoms with Gasteiger partial charge in [0, 0.05) is 31.4 Å². The van der Waals surface area contributed by atoms with Crippen molar-refractivity contribution in [3.05, 3.63) is 36.3 Å². The zero-order chi connectivity index (χ0) is 17.0. The number of aromatic nitrogens is 2. The number of amides is 3. The summed E-state index contributed by atoms with van der Waals surface area (Å²) >= 11 is 0. The van der Waals surface area contributed by atoms with Crippen molar-refractivity contribution < 1.29 is 9.59 Å². The van der Waals surface area contributed by atoms with Crippen molar-refractivity contribution in [2.75, 3.05) is 6.54 Å². The fourth-order valence-electron chi connectivity index (χ4n) is 4.91. The van der Waals surface area contributed by atoms with Crippen molar-refractivity contribution in [3.63, 3.8) is 0 Å². The van der Waals surface area contributed by atoms with Crippen LogP contribution in [0.1, 0.15) is 37.8 Å². The van der Waals surface area contributed by atoms with E-state index < -0.39 is 0 Å². The van der Waals surface area contributed by atoms with Crippen LogP contribution >= 0.6 is 0 Å². The van der Waals surface area contributed by atoms with Gasteiger partial charge in [-0.25, -0.2) is 9.78 Å². The van der Waals surface area contributed by atoms with Gasteiger partial charge in [-0.15, -0.1) is 0 Å². The Kier molecular flexibility index (Phi) is 3.33. The lowest BCUT2D eigenvalue weighted by atomic mass is 9.84. The molecule has 2 aliphatic heterocycles. The molecule has 3 amide bonds. The standard InChI is InChI=1S/C19H22N4O2/c24-18-16-11-13-5-1-2-6-15(13)23(16)19(25)22(18)10-8-14-12-21-9-4-3-7-17(21)20-14/h3-4,7,9,12-13,15-16H,1-2,5-6,8,10-11H2/t13-,15+,16-/m0/s1. The van der Waals surface area contributed by atoms with E-state index in [-0.39, 0.29) is 24.0 Å². The molecule has 3 fully saturated rings. The maximum atomic E-state index is 12.9. The molecule has 0 spiro atoms. The van der Waals surface area contributed by atoms with Gasteiger partial charge < -0.3 is 9.30 Å². The maximum absolute atomic E-state index is 12.9. The van der Waals surface area contributed by atoms with Crippen molar-refractivity contribution >= 4 is 17.6 Å². The van der Waals surface area contributed by atoms with Crippen LogP contribution in [-0.4, -0.2) is 49.8 Å². The van der Waals surface area contributed by atoms with Crippen molar-refractivity contribution in [1.82, 2.24) is 19.2 Å². The molecule has 1 aliphatic carbocycles. The first kappa shape index (κ1) is 14.9. The maximum Gasteiger partial charge on any atom is 0.327 e. The number of pyridine rings is 1. The summed E-state index contributed by atoms with van der Waals surface area (Å²) in [4.78, 5) is 33.5. The molecule has 0 unspecified atom stereocenters. The summed E-state index contributed by atoms with van der Waals surface area (Å²) in [6, 6.07) is 5.87. The van der Waals surface area contributed by atoms with Crippen molar-refractivity contribution in [2.45, 2.75) is 50.6 Å². The third-order valence-electron chi connectivity index (χ3n) is 6.10. The summed E-state index contributed by atoms with van der Waals surface area (Å²) in [5.41, 5.74) is 1.80. The van der Waals surface area contributed by atoms with Gasteiger partial charge in [0.25, 0.3) is 5.91 Å². The molecular weight excluding hydrogens is 316 g/mol. The average Bonchev–Trinajstić information content (AvgIpc) is 3.27. The predicted molar refractivity (Wildman–Crippen MR) is 92.0 cm³/mol. The van der Waals surface area contributed by atoms with Crippen LogP contribution in [-0.2, 0) is 11.2 Å². The molecule has 2 saturated heterocycles. The normalized spacial score (nSPS) is 28.7. The second-order valence-electron chi connectivity index (χ2n) is 7.49. The molecule has 2 aromatic heterocycles. The summed E-state index contributed by atoms with van der Waals surface area (Å²) in [5.74, 6) is 0.537. The fraction of sp³-hybridized carbons (Fsp3) is 0.526. The summed E-state index contributed by atoms with van der Waals surface area (Å²) < 4.78 is 1.97. The topological polar surface area (TPSA) is 57.9 Å². The summed E-state index contributed by atoms with van der Waals surface area (Å²) in [6.07, 6.45) is 10.0. The third kappa shape index (κ3) is 2.27. The predicted octanol–water partition coefficient (Wildman–Crippen LogP) is 2.47. The molecule has 130 valence electrons. The molecule has 5 rings (SSSR count). The second-order valence-corrected chi connectivity index (χ2v) is 7.49. The largest absolute Gasteiger partial charge is 0.327 e. The molecular formula is C19H22N4O2. The van der Waals surface area contributed by atoms with Crippen molar-refractivity contribution in [1.29, 1.82) is 0 Å². The van der Waals surface area contributed by atoms with E-state index in [0.29, 0.717) is 18.9 Å². The molecule has 0 bridgehead atoms. The molecule has 25 heavy (non-hydrogen) atoms. The number of hydrogen-bond donors (Lipinski definition) is 0. The number of hydrogen-bond acceptors (Lipinski definition) is 3. The summed E-state index contributed by atoms with van der Waals surface area (Å²) in [6.45, 7) is 0.423. The molecule has 6 heteroatoms. The summed E-state index contributed by atoms with van der Waals surface area (Å²) in [5, 5.41) is 0. The van der Waals surface area contributed by atoms with E-state index in [2.05, 4.69) is 4.98 Å². The third-order valence-corrected chi connectivity index (χ3v) is 6.10. The Bertz CT molecular complexity index is 812. The van der Waals surface area contributed by atoms with E-state index in [9.17, 15) is 9.59 Å². The van der Waals surface area contributed by atoms with Gasteiger partial charge in [0.15, 0.2) is 0 Å². The number of urea groups is 1. The monoisotopic (exact) mass is 338 g/mol. The minimum absolute atomic E-state index is 0.00293. The Morgan fingerprint density at radius 2 is 2.04 bits per heavy atom. The Morgan fingerprint density at radius 3 is 2.92 bits per heavy atom. The number of carbonyl (C=O) groups excluding carboxylic acids is 2.